The second-order valence-corrected chi connectivity index (χ2v) is 7.80. The monoisotopic (exact) mass is 322 g/mol. The van der Waals surface area contributed by atoms with Crippen molar-refractivity contribution < 1.29 is 0 Å². The van der Waals surface area contributed by atoms with Crippen molar-refractivity contribution in [2.75, 3.05) is 26.2 Å². The van der Waals surface area contributed by atoms with Gasteiger partial charge in [0.05, 0.1) is 0 Å². The van der Waals surface area contributed by atoms with Gasteiger partial charge in [-0.1, -0.05) is 19.8 Å². The van der Waals surface area contributed by atoms with Crippen LogP contribution in [0.1, 0.15) is 72.6 Å². The zero-order valence-electron chi connectivity index (χ0n) is 15.8. The molecule has 0 atom stereocenters. The molecule has 0 bridgehead atoms. The SMILES string of the molecule is CCNC(=NCC1(CC)CCCC1)NC1CCN(C(C)C)CC1. The Hall–Kier alpha value is -0.770. The van der Waals surface area contributed by atoms with Crippen molar-refractivity contribution >= 4 is 5.96 Å². The van der Waals surface area contributed by atoms with Crippen LogP contribution in [0, 0.1) is 5.41 Å². The van der Waals surface area contributed by atoms with Crippen molar-refractivity contribution in [3.05, 3.63) is 0 Å². The molecule has 0 spiro atoms. The Balaban J connectivity index is 1.87. The summed E-state index contributed by atoms with van der Waals surface area (Å²) in [6.45, 7) is 13.4. The van der Waals surface area contributed by atoms with E-state index in [-0.39, 0.29) is 0 Å². The lowest BCUT2D eigenvalue weighted by Crippen LogP contribution is -2.50. The fourth-order valence-corrected chi connectivity index (χ4v) is 4.07. The van der Waals surface area contributed by atoms with Crippen molar-refractivity contribution in [2.45, 2.75) is 84.7 Å². The molecule has 1 saturated heterocycles. The van der Waals surface area contributed by atoms with E-state index in [1.807, 2.05) is 0 Å². The number of hydrogen-bond donors (Lipinski definition) is 2. The van der Waals surface area contributed by atoms with Crippen LogP contribution in [-0.2, 0) is 0 Å². The molecule has 0 unspecified atom stereocenters. The van der Waals surface area contributed by atoms with Gasteiger partial charge in [-0.2, -0.15) is 0 Å². The number of piperidine rings is 1. The molecule has 2 aliphatic rings. The van der Waals surface area contributed by atoms with Crippen molar-refractivity contribution in [3.63, 3.8) is 0 Å². The van der Waals surface area contributed by atoms with E-state index in [4.69, 9.17) is 4.99 Å². The summed E-state index contributed by atoms with van der Waals surface area (Å²) >= 11 is 0. The average Bonchev–Trinajstić information content (AvgIpc) is 3.03. The van der Waals surface area contributed by atoms with Crippen LogP contribution >= 0.6 is 0 Å². The van der Waals surface area contributed by atoms with E-state index in [1.165, 1.54) is 58.0 Å². The van der Waals surface area contributed by atoms with Crippen LogP contribution in [0.2, 0.25) is 0 Å². The molecule has 0 amide bonds. The highest BCUT2D eigenvalue weighted by atomic mass is 15.2. The van der Waals surface area contributed by atoms with E-state index in [0.29, 0.717) is 17.5 Å². The first-order valence-electron chi connectivity index (χ1n) is 9.87. The van der Waals surface area contributed by atoms with Crippen molar-refractivity contribution in [2.24, 2.45) is 10.4 Å². The Labute approximate surface area is 143 Å². The maximum atomic E-state index is 4.97. The molecule has 4 nitrogen and oxygen atoms in total. The summed E-state index contributed by atoms with van der Waals surface area (Å²) in [6, 6.07) is 1.24. The average molecular weight is 323 g/mol. The molecule has 23 heavy (non-hydrogen) atoms. The van der Waals surface area contributed by atoms with Gasteiger partial charge < -0.3 is 15.5 Å². The van der Waals surface area contributed by atoms with Crippen LogP contribution in [0.15, 0.2) is 4.99 Å². The summed E-state index contributed by atoms with van der Waals surface area (Å²) < 4.78 is 0. The third kappa shape index (κ3) is 5.37. The summed E-state index contributed by atoms with van der Waals surface area (Å²) in [4.78, 5) is 7.54. The van der Waals surface area contributed by atoms with E-state index in [1.54, 1.807) is 0 Å². The Morgan fingerprint density at radius 2 is 1.83 bits per heavy atom. The highest BCUT2D eigenvalue weighted by Gasteiger charge is 2.32. The van der Waals surface area contributed by atoms with Gasteiger partial charge in [0.2, 0.25) is 0 Å². The minimum atomic E-state index is 0.476. The molecule has 4 heteroatoms. The second-order valence-electron chi connectivity index (χ2n) is 7.80. The first-order chi connectivity index (χ1) is 11.1. The molecule has 0 radical (unpaired) electrons. The molecule has 134 valence electrons. The fourth-order valence-electron chi connectivity index (χ4n) is 4.07. The summed E-state index contributed by atoms with van der Waals surface area (Å²) in [5.74, 6) is 1.04. The normalized spacial score (nSPS) is 23.4. The van der Waals surface area contributed by atoms with E-state index < -0.39 is 0 Å². The van der Waals surface area contributed by atoms with Gasteiger partial charge in [-0.05, 0) is 58.3 Å². The Morgan fingerprint density at radius 1 is 1.17 bits per heavy atom. The molecule has 0 aromatic carbocycles. The highest BCUT2D eigenvalue weighted by Crippen LogP contribution is 2.41. The van der Waals surface area contributed by atoms with Crippen molar-refractivity contribution in [1.29, 1.82) is 0 Å². The number of nitrogens with zero attached hydrogens (tertiary/aromatic N) is 2. The largest absolute Gasteiger partial charge is 0.357 e. The third-order valence-electron chi connectivity index (χ3n) is 5.93. The number of aliphatic imine (C=N–C) groups is 1. The topological polar surface area (TPSA) is 39.7 Å². The highest BCUT2D eigenvalue weighted by molar-refractivity contribution is 5.80. The summed E-state index contributed by atoms with van der Waals surface area (Å²) in [5, 5.41) is 7.15. The summed E-state index contributed by atoms with van der Waals surface area (Å²) in [5.41, 5.74) is 0.476. The summed E-state index contributed by atoms with van der Waals surface area (Å²) in [6.07, 6.45) is 9.21. The first kappa shape index (κ1) is 18.6. The molecule has 1 aliphatic heterocycles. The van der Waals surface area contributed by atoms with E-state index in [9.17, 15) is 0 Å². The lowest BCUT2D eigenvalue weighted by molar-refractivity contribution is 0.167. The molecule has 2 N–H and O–H groups in total. The van der Waals surface area contributed by atoms with Gasteiger partial charge >= 0.3 is 0 Å². The van der Waals surface area contributed by atoms with Gasteiger partial charge in [-0.3, -0.25) is 4.99 Å². The van der Waals surface area contributed by atoms with Gasteiger partial charge in [0, 0.05) is 38.3 Å². The van der Waals surface area contributed by atoms with Gasteiger partial charge in [0.25, 0.3) is 0 Å². The number of rotatable bonds is 6. The number of likely N-dealkylation sites (tertiary alicyclic amines) is 1. The molecule has 1 heterocycles. The van der Waals surface area contributed by atoms with Crippen molar-refractivity contribution in [3.8, 4) is 0 Å². The third-order valence-corrected chi connectivity index (χ3v) is 5.93. The van der Waals surface area contributed by atoms with E-state index in [2.05, 4.69) is 43.2 Å². The van der Waals surface area contributed by atoms with Crippen LogP contribution in [-0.4, -0.2) is 49.1 Å². The predicted molar refractivity (Wildman–Crippen MR) is 100 cm³/mol. The lowest BCUT2D eigenvalue weighted by atomic mass is 9.84. The molecular formula is C19H38N4. The number of guanidine groups is 1. The second kappa shape index (κ2) is 8.91. The zero-order valence-corrected chi connectivity index (χ0v) is 15.8. The van der Waals surface area contributed by atoms with Gasteiger partial charge in [0.1, 0.15) is 0 Å². The minimum Gasteiger partial charge on any atom is -0.357 e. The maximum absolute atomic E-state index is 4.97. The molecule has 2 fully saturated rings. The van der Waals surface area contributed by atoms with E-state index in [0.717, 1.165) is 19.0 Å². The smallest absolute Gasteiger partial charge is 0.191 e. The lowest BCUT2D eigenvalue weighted by Gasteiger charge is -2.35. The van der Waals surface area contributed by atoms with Crippen molar-refractivity contribution in [1.82, 2.24) is 15.5 Å². The number of nitrogens with one attached hydrogen (secondary N) is 2. The molecule has 1 saturated carbocycles. The van der Waals surface area contributed by atoms with Crippen LogP contribution in [0.4, 0.5) is 0 Å². The summed E-state index contributed by atoms with van der Waals surface area (Å²) in [7, 11) is 0. The van der Waals surface area contributed by atoms with E-state index >= 15 is 0 Å². The fraction of sp³-hybridized carbons (Fsp3) is 0.947. The molecule has 0 aromatic rings. The molecule has 1 aliphatic carbocycles. The van der Waals surface area contributed by atoms with Crippen LogP contribution in [0.3, 0.4) is 0 Å². The standard InChI is InChI=1S/C19H38N4/c1-5-19(11-7-8-12-19)15-21-18(20-6-2)22-17-9-13-23(14-10-17)16(3)4/h16-17H,5-15H2,1-4H3,(H2,20,21,22). The molecule has 0 aromatic heterocycles. The first-order valence-corrected chi connectivity index (χ1v) is 9.87. The van der Waals surface area contributed by atoms with Crippen LogP contribution < -0.4 is 10.6 Å². The Bertz CT molecular complexity index is 364. The zero-order chi connectivity index (χ0) is 16.7. The van der Waals surface area contributed by atoms with Crippen LogP contribution in [0.5, 0.6) is 0 Å². The van der Waals surface area contributed by atoms with Gasteiger partial charge in [0.15, 0.2) is 5.96 Å². The predicted octanol–water partition coefficient (Wildman–Crippen LogP) is 3.38. The van der Waals surface area contributed by atoms with Crippen LogP contribution in [0.25, 0.3) is 0 Å². The minimum absolute atomic E-state index is 0.476. The number of hydrogen-bond acceptors (Lipinski definition) is 2. The van der Waals surface area contributed by atoms with Gasteiger partial charge in [-0.15, -0.1) is 0 Å². The molecule has 2 rings (SSSR count). The Morgan fingerprint density at radius 3 is 2.35 bits per heavy atom. The maximum Gasteiger partial charge on any atom is 0.191 e. The molecular weight excluding hydrogens is 284 g/mol. The Kier molecular flexibility index (Phi) is 7.19. The quantitative estimate of drug-likeness (QED) is 0.582. The van der Waals surface area contributed by atoms with Gasteiger partial charge in [-0.25, -0.2) is 0 Å².